The Morgan fingerprint density at radius 2 is 2.18 bits per heavy atom. The second-order valence-electron chi connectivity index (χ2n) is 9.24. The highest BCUT2D eigenvalue weighted by Gasteiger charge is 2.42. The van der Waals surface area contributed by atoms with Crippen LogP contribution in [-0.4, -0.2) is 51.8 Å². The zero-order valence-corrected chi connectivity index (χ0v) is 19.6. The predicted molar refractivity (Wildman–Crippen MR) is 133 cm³/mol. The van der Waals surface area contributed by atoms with Gasteiger partial charge in [-0.15, -0.1) is 0 Å². The number of halogens is 1. The molecule has 0 aliphatic carbocycles. The van der Waals surface area contributed by atoms with Crippen LogP contribution in [-0.2, 0) is 0 Å². The summed E-state index contributed by atoms with van der Waals surface area (Å²) in [5.74, 6) is 0.0378. The van der Waals surface area contributed by atoms with Crippen LogP contribution in [0.3, 0.4) is 0 Å². The third kappa shape index (κ3) is 3.68. The van der Waals surface area contributed by atoms with Gasteiger partial charge in [-0.25, -0.2) is 4.39 Å². The number of benzene rings is 1. The van der Waals surface area contributed by atoms with Crippen LogP contribution in [0.2, 0.25) is 0 Å². The second-order valence-corrected chi connectivity index (χ2v) is 9.24. The zero-order chi connectivity index (χ0) is 24.0. The van der Waals surface area contributed by atoms with Crippen LogP contribution < -0.4 is 15.0 Å². The molecular formula is C26H28FN5O2. The van der Waals surface area contributed by atoms with Gasteiger partial charge in [0.25, 0.3) is 0 Å². The summed E-state index contributed by atoms with van der Waals surface area (Å²) in [6, 6.07) is 3.56. The number of pyridine rings is 1. The number of phenols is 1. The topological polar surface area (TPSA) is 83.4 Å². The first-order valence-electron chi connectivity index (χ1n) is 11.4. The van der Waals surface area contributed by atoms with Gasteiger partial charge in [0.1, 0.15) is 22.8 Å². The third-order valence-electron chi connectivity index (χ3n) is 6.71. The molecule has 2 saturated heterocycles. The van der Waals surface area contributed by atoms with E-state index in [9.17, 15) is 5.11 Å². The molecule has 2 atom stereocenters. The Labute approximate surface area is 198 Å². The van der Waals surface area contributed by atoms with Crippen molar-refractivity contribution >= 4 is 28.9 Å². The summed E-state index contributed by atoms with van der Waals surface area (Å²) in [7, 11) is 1.48. The highest BCUT2D eigenvalue weighted by Crippen LogP contribution is 2.38. The van der Waals surface area contributed by atoms with Crippen molar-refractivity contribution in [3.8, 4) is 23.0 Å². The number of hydrogen-bond acceptors (Lipinski definition) is 7. The number of allylic oxidation sites excluding steroid dienone is 1. The lowest BCUT2D eigenvalue weighted by Crippen LogP contribution is -2.58. The van der Waals surface area contributed by atoms with Crippen molar-refractivity contribution in [1.82, 2.24) is 20.3 Å². The Hall–Kier alpha value is -3.52. The maximum atomic E-state index is 16.1. The van der Waals surface area contributed by atoms with Crippen molar-refractivity contribution in [1.29, 1.82) is 0 Å². The molecule has 1 aromatic carbocycles. The Balaban J connectivity index is 1.71. The molecule has 2 bridgehead atoms. The molecule has 8 heteroatoms. The Morgan fingerprint density at radius 1 is 1.35 bits per heavy atom. The molecule has 0 radical (unpaired) electrons. The molecule has 5 rings (SSSR count). The monoisotopic (exact) mass is 461 g/mol. The molecule has 2 aliphatic rings. The van der Waals surface area contributed by atoms with Crippen LogP contribution in [0.5, 0.6) is 11.8 Å². The summed E-state index contributed by atoms with van der Waals surface area (Å²) in [6.07, 6.45) is 9.12. The summed E-state index contributed by atoms with van der Waals surface area (Å²) in [4.78, 5) is 15.6. The number of methoxy groups -OCH3 is 1. The summed E-state index contributed by atoms with van der Waals surface area (Å²) in [6.45, 7) is 9.43. The quantitative estimate of drug-likeness (QED) is 0.577. The molecule has 7 nitrogen and oxygen atoms in total. The lowest BCUT2D eigenvalue weighted by Gasteiger charge is -2.40. The number of nitrogens with zero attached hydrogens (tertiary/aromatic N) is 4. The molecule has 0 spiro atoms. The van der Waals surface area contributed by atoms with Crippen molar-refractivity contribution < 1.29 is 14.2 Å². The van der Waals surface area contributed by atoms with Crippen LogP contribution >= 0.6 is 0 Å². The number of anilines is 1. The number of aromatic nitrogens is 3. The van der Waals surface area contributed by atoms with Crippen molar-refractivity contribution in [2.24, 2.45) is 0 Å². The largest absolute Gasteiger partial charge is 0.508 e. The van der Waals surface area contributed by atoms with E-state index in [2.05, 4.69) is 38.7 Å². The molecule has 0 amide bonds. The number of piperazine rings is 1. The molecule has 34 heavy (non-hydrogen) atoms. The smallest absolute Gasteiger partial charge is 0.318 e. The first-order valence-corrected chi connectivity index (χ1v) is 11.4. The van der Waals surface area contributed by atoms with E-state index in [0.717, 1.165) is 25.9 Å². The predicted octanol–water partition coefficient (Wildman–Crippen LogP) is 4.55. The minimum absolute atomic E-state index is 0.00458. The maximum Gasteiger partial charge on any atom is 0.318 e. The van der Waals surface area contributed by atoms with Gasteiger partial charge in [-0.05, 0) is 49.9 Å². The second kappa shape index (κ2) is 8.36. The van der Waals surface area contributed by atoms with Crippen LogP contribution in [0, 0.1) is 5.82 Å². The first kappa shape index (κ1) is 22.3. The van der Waals surface area contributed by atoms with Gasteiger partial charge in [0.15, 0.2) is 5.82 Å². The lowest BCUT2D eigenvalue weighted by molar-refractivity contribution is 0.346. The first-order chi connectivity index (χ1) is 16.4. The molecular weight excluding hydrogens is 433 g/mol. The highest BCUT2D eigenvalue weighted by atomic mass is 19.1. The van der Waals surface area contributed by atoms with Gasteiger partial charge in [0.2, 0.25) is 0 Å². The van der Waals surface area contributed by atoms with Gasteiger partial charge in [0, 0.05) is 36.4 Å². The molecule has 2 aromatic heterocycles. The fourth-order valence-corrected chi connectivity index (χ4v) is 5.22. The molecule has 0 saturated carbocycles. The average molecular weight is 462 g/mol. The van der Waals surface area contributed by atoms with Crippen molar-refractivity contribution in [2.75, 3.05) is 25.1 Å². The van der Waals surface area contributed by atoms with E-state index >= 15 is 4.39 Å². The van der Waals surface area contributed by atoms with Crippen molar-refractivity contribution in [3.63, 3.8) is 0 Å². The van der Waals surface area contributed by atoms with E-state index in [1.807, 2.05) is 19.1 Å². The maximum absolute atomic E-state index is 16.1. The lowest BCUT2D eigenvalue weighted by atomic mass is 9.96. The van der Waals surface area contributed by atoms with Gasteiger partial charge in [0.05, 0.1) is 12.5 Å². The molecule has 3 aromatic rings. The number of nitrogens with one attached hydrogen (secondary N) is 1. The van der Waals surface area contributed by atoms with Gasteiger partial charge < -0.3 is 20.1 Å². The summed E-state index contributed by atoms with van der Waals surface area (Å²) < 4.78 is 21.4. The van der Waals surface area contributed by atoms with Gasteiger partial charge in [-0.1, -0.05) is 24.8 Å². The SMILES string of the molecule is C=Cc1cc(O)cc(-c2ncc3c(N4CC5CCC(C)(C4)N5)nc(OC)nc3c2F)c1/C=C\C. The zero-order valence-electron chi connectivity index (χ0n) is 19.6. The molecule has 2 N–H and O–H groups in total. The summed E-state index contributed by atoms with van der Waals surface area (Å²) >= 11 is 0. The molecule has 2 unspecified atom stereocenters. The number of aromatic hydroxyl groups is 1. The van der Waals surface area contributed by atoms with E-state index in [0.29, 0.717) is 33.9 Å². The van der Waals surface area contributed by atoms with E-state index in [4.69, 9.17) is 4.74 Å². The van der Waals surface area contributed by atoms with E-state index in [-0.39, 0.29) is 28.5 Å². The fourth-order valence-electron chi connectivity index (χ4n) is 5.22. The molecule has 176 valence electrons. The number of fused-ring (bicyclic) bond motifs is 3. The minimum atomic E-state index is -0.588. The fraction of sp³-hybridized carbons (Fsp3) is 0.346. The molecule has 4 heterocycles. The Morgan fingerprint density at radius 3 is 2.88 bits per heavy atom. The van der Waals surface area contributed by atoms with E-state index < -0.39 is 5.82 Å². The van der Waals surface area contributed by atoms with Gasteiger partial charge in [-0.2, -0.15) is 9.97 Å². The molecule has 2 aliphatic heterocycles. The minimum Gasteiger partial charge on any atom is -0.508 e. The van der Waals surface area contributed by atoms with Crippen molar-refractivity contribution in [3.05, 3.63) is 47.9 Å². The number of phenolic OH excluding ortho intramolecular Hbond substituents is 1. The third-order valence-corrected chi connectivity index (χ3v) is 6.71. The van der Waals surface area contributed by atoms with E-state index in [1.54, 1.807) is 18.3 Å². The summed E-state index contributed by atoms with van der Waals surface area (Å²) in [5.41, 5.74) is 2.08. The number of ether oxygens (including phenoxy) is 1. The summed E-state index contributed by atoms with van der Waals surface area (Å²) in [5, 5.41) is 14.5. The molecule has 2 fully saturated rings. The normalized spacial score (nSPS) is 22.0. The van der Waals surface area contributed by atoms with Gasteiger partial charge in [-0.3, -0.25) is 4.98 Å². The van der Waals surface area contributed by atoms with Crippen molar-refractivity contribution in [2.45, 2.75) is 38.3 Å². The van der Waals surface area contributed by atoms with E-state index in [1.165, 1.54) is 13.2 Å². The van der Waals surface area contributed by atoms with Crippen LogP contribution in [0.15, 0.2) is 31.0 Å². The number of hydrogen-bond donors (Lipinski definition) is 2. The van der Waals surface area contributed by atoms with Crippen LogP contribution in [0.25, 0.3) is 34.3 Å². The number of rotatable bonds is 5. The standard InChI is InChI=1S/C26H28FN5O2/c1-5-7-18-15(6-2)10-17(33)11-19(18)22-21(27)23-20(12-28-22)24(30-25(29-23)34-4)32-13-16-8-9-26(3,14-32)31-16/h5-7,10-12,16,31,33H,2,8-9,13-14H2,1,3-4H3/b7-5-. The van der Waals surface area contributed by atoms with Gasteiger partial charge >= 0.3 is 6.01 Å². The van der Waals surface area contributed by atoms with Crippen LogP contribution in [0.4, 0.5) is 10.2 Å². The average Bonchev–Trinajstić information content (AvgIpc) is 3.11. The Kier molecular flexibility index (Phi) is 5.48. The van der Waals surface area contributed by atoms with Crippen LogP contribution in [0.1, 0.15) is 37.8 Å². The highest BCUT2D eigenvalue weighted by molar-refractivity contribution is 5.93. The Bertz CT molecular complexity index is 1320.